The lowest BCUT2D eigenvalue weighted by atomic mass is 10.1. The summed E-state index contributed by atoms with van der Waals surface area (Å²) >= 11 is 5.84. The number of amides is 2. The molecule has 2 N–H and O–H groups in total. The first-order valence-electron chi connectivity index (χ1n) is 6.74. The van der Waals surface area contributed by atoms with E-state index in [-0.39, 0.29) is 12.2 Å². The summed E-state index contributed by atoms with van der Waals surface area (Å²) in [6.07, 6.45) is 0.491. The number of hydrogen-bond donors (Lipinski definition) is 2. The topological polar surface area (TPSA) is 58.2 Å². The molecule has 2 rings (SSSR count). The third kappa shape index (κ3) is 5.03. The van der Waals surface area contributed by atoms with E-state index < -0.39 is 23.4 Å². The van der Waals surface area contributed by atoms with Gasteiger partial charge in [0.25, 0.3) is 0 Å². The standard InChI is InChI=1S/C16H13ClF2N2O2/c17-11-3-1-2-10(8-11)6-7-20-15(22)16(23)21-14-5-4-12(18)9-13(14)19/h1-5,8-9H,6-7H2,(H,20,22)(H,21,23). The van der Waals surface area contributed by atoms with Crippen LogP contribution >= 0.6 is 11.6 Å². The van der Waals surface area contributed by atoms with Gasteiger partial charge in [-0.3, -0.25) is 9.59 Å². The second-order valence-corrected chi connectivity index (χ2v) is 5.15. The molecule has 0 aliphatic carbocycles. The van der Waals surface area contributed by atoms with Gasteiger partial charge < -0.3 is 10.6 Å². The predicted molar refractivity (Wildman–Crippen MR) is 83.2 cm³/mol. The minimum atomic E-state index is -1.03. The van der Waals surface area contributed by atoms with Crippen LogP contribution in [0.2, 0.25) is 5.02 Å². The van der Waals surface area contributed by atoms with Gasteiger partial charge in [-0.2, -0.15) is 0 Å². The molecule has 0 bridgehead atoms. The van der Waals surface area contributed by atoms with Crippen molar-refractivity contribution in [2.45, 2.75) is 6.42 Å². The first-order valence-corrected chi connectivity index (χ1v) is 7.12. The lowest BCUT2D eigenvalue weighted by Gasteiger charge is -2.07. The van der Waals surface area contributed by atoms with Crippen molar-refractivity contribution in [3.63, 3.8) is 0 Å². The minimum Gasteiger partial charge on any atom is -0.347 e. The summed E-state index contributed by atoms with van der Waals surface area (Å²) in [5, 5.41) is 5.07. The van der Waals surface area contributed by atoms with E-state index in [1.54, 1.807) is 18.2 Å². The molecule has 0 aliphatic heterocycles. The van der Waals surface area contributed by atoms with Crippen LogP contribution in [0, 0.1) is 11.6 Å². The van der Waals surface area contributed by atoms with Crippen LogP contribution in [0.25, 0.3) is 0 Å². The van der Waals surface area contributed by atoms with E-state index in [2.05, 4.69) is 10.6 Å². The quantitative estimate of drug-likeness (QED) is 0.842. The molecule has 0 saturated heterocycles. The SMILES string of the molecule is O=C(NCCc1cccc(Cl)c1)C(=O)Nc1ccc(F)cc1F. The van der Waals surface area contributed by atoms with Gasteiger partial charge in [-0.1, -0.05) is 23.7 Å². The van der Waals surface area contributed by atoms with Gasteiger partial charge >= 0.3 is 11.8 Å². The van der Waals surface area contributed by atoms with Crippen LogP contribution in [0.4, 0.5) is 14.5 Å². The van der Waals surface area contributed by atoms with Crippen molar-refractivity contribution in [3.05, 3.63) is 64.7 Å². The summed E-state index contributed by atoms with van der Waals surface area (Å²) in [5.74, 6) is -3.66. The highest BCUT2D eigenvalue weighted by Gasteiger charge is 2.15. The van der Waals surface area contributed by atoms with Gasteiger partial charge in [0, 0.05) is 17.6 Å². The Balaban J connectivity index is 1.84. The molecular weight excluding hydrogens is 326 g/mol. The fourth-order valence-corrected chi connectivity index (χ4v) is 2.08. The lowest BCUT2D eigenvalue weighted by Crippen LogP contribution is -2.36. The summed E-state index contributed by atoms with van der Waals surface area (Å²) < 4.78 is 26.1. The molecule has 0 fully saturated rings. The number of carbonyl (C=O) groups is 2. The molecule has 120 valence electrons. The minimum absolute atomic E-state index is 0.221. The van der Waals surface area contributed by atoms with E-state index in [4.69, 9.17) is 11.6 Å². The monoisotopic (exact) mass is 338 g/mol. The Labute approximate surface area is 136 Å². The van der Waals surface area contributed by atoms with Crippen molar-refractivity contribution in [1.82, 2.24) is 5.32 Å². The van der Waals surface area contributed by atoms with Gasteiger partial charge in [-0.05, 0) is 36.2 Å². The van der Waals surface area contributed by atoms with Gasteiger partial charge in [0.05, 0.1) is 5.69 Å². The third-order valence-corrected chi connectivity index (χ3v) is 3.21. The van der Waals surface area contributed by atoms with E-state index in [9.17, 15) is 18.4 Å². The molecule has 0 saturated carbocycles. The molecule has 7 heteroatoms. The molecule has 0 atom stereocenters. The molecule has 2 amide bonds. The Morgan fingerprint density at radius 3 is 2.52 bits per heavy atom. The molecule has 2 aromatic rings. The average Bonchev–Trinajstić information content (AvgIpc) is 2.50. The van der Waals surface area contributed by atoms with Crippen LogP contribution in [-0.2, 0) is 16.0 Å². The van der Waals surface area contributed by atoms with E-state index >= 15 is 0 Å². The van der Waals surface area contributed by atoms with Gasteiger partial charge in [0.2, 0.25) is 0 Å². The number of benzene rings is 2. The van der Waals surface area contributed by atoms with Crippen molar-refractivity contribution < 1.29 is 18.4 Å². The number of nitrogens with one attached hydrogen (secondary N) is 2. The van der Waals surface area contributed by atoms with Crippen LogP contribution in [0.1, 0.15) is 5.56 Å². The normalized spacial score (nSPS) is 10.2. The zero-order chi connectivity index (χ0) is 16.8. The van der Waals surface area contributed by atoms with E-state index in [0.717, 1.165) is 17.7 Å². The Kier molecular flexibility index (Phi) is 5.65. The summed E-state index contributed by atoms with van der Waals surface area (Å²) in [6.45, 7) is 0.221. The molecule has 0 radical (unpaired) electrons. The molecule has 2 aromatic carbocycles. The molecule has 23 heavy (non-hydrogen) atoms. The van der Waals surface area contributed by atoms with Gasteiger partial charge in [-0.15, -0.1) is 0 Å². The third-order valence-electron chi connectivity index (χ3n) is 2.97. The predicted octanol–water partition coefficient (Wildman–Crippen LogP) is 2.92. The molecule has 0 aliphatic rings. The first-order chi connectivity index (χ1) is 11.0. The molecular formula is C16H13ClF2N2O2. The number of carbonyl (C=O) groups excluding carboxylic acids is 2. The Bertz CT molecular complexity index is 738. The highest BCUT2D eigenvalue weighted by molar-refractivity contribution is 6.39. The molecule has 0 spiro atoms. The van der Waals surface area contributed by atoms with Crippen LogP contribution in [0.5, 0.6) is 0 Å². The average molecular weight is 339 g/mol. The maximum atomic E-state index is 13.4. The van der Waals surface area contributed by atoms with Gasteiger partial charge in [0.1, 0.15) is 11.6 Å². The fraction of sp³-hybridized carbons (Fsp3) is 0.125. The molecule has 0 heterocycles. The van der Waals surface area contributed by atoms with Crippen molar-refractivity contribution in [2.75, 3.05) is 11.9 Å². The maximum Gasteiger partial charge on any atom is 0.313 e. The van der Waals surface area contributed by atoms with Crippen LogP contribution in [0.15, 0.2) is 42.5 Å². The van der Waals surface area contributed by atoms with E-state index in [1.807, 2.05) is 6.07 Å². The van der Waals surface area contributed by atoms with E-state index in [0.29, 0.717) is 17.5 Å². The number of anilines is 1. The Hall–Kier alpha value is -2.47. The highest BCUT2D eigenvalue weighted by atomic mass is 35.5. The van der Waals surface area contributed by atoms with Crippen LogP contribution in [0.3, 0.4) is 0 Å². The second-order valence-electron chi connectivity index (χ2n) is 4.71. The van der Waals surface area contributed by atoms with Crippen molar-refractivity contribution in [3.8, 4) is 0 Å². The number of rotatable bonds is 4. The van der Waals surface area contributed by atoms with Gasteiger partial charge in [-0.25, -0.2) is 8.78 Å². The zero-order valence-electron chi connectivity index (χ0n) is 11.9. The molecule has 0 aromatic heterocycles. The fourth-order valence-electron chi connectivity index (χ4n) is 1.86. The van der Waals surface area contributed by atoms with E-state index in [1.165, 1.54) is 0 Å². The second kappa shape index (κ2) is 7.69. The maximum absolute atomic E-state index is 13.4. The zero-order valence-corrected chi connectivity index (χ0v) is 12.7. The summed E-state index contributed by atoms with van der Waals surface area (Å²) in [6, 6.07) is 9.75. The smallest absolute Gasteiger partial charge is 0.313 e. The lowest BCUT2D eigenvalue weighted by molar-refractivity contribution is -0.136. The molecule has 4 nitrogen and oxygen atoms in total. The first kappa shape index (κ1) is 16.9. The van der Waals surface area contributed by atoms with Crippen molar-refractivity contribution in [1.29, 1.82) is 0 Å². The Morgan fingerprint density at radius 1 is 1.04 bits per heavy atom. The largest absolute Gasteiger partial charge is 0.347 e. The number of halogens is 3. The highest BCUT2D eigenvalue weighted by Crippen LogP contribution is 2.14. The number of hydrogen-bond acceptors (Lipinski definition) is 2. The Morgan fingerprint density at radius 2 is 1.83 bits per heavy atom. The van der Waals surface area contributed by atoms with Gasteiger partial charge in [0.15, 0.2) is 0 Å². The van der Waals surface area contributed by atoms with Crippen LogP contribution in [-0.4, -0.2) is 18.4 Å². The van der Waals surface area contributed by atoms with Crippen molar-refractivity contribution >= 4 is 29.1 Å². The summed E-state index contributed by atoms with van der Waals surface area (Å²) in [7, 11) is 0. The van der Waals surface area contributed by atoms with Crippen molar-refractivity contribution in [2.24, 2.45) is 0 Å². The summed E-state index contributed by atoms with van der Waals surface area (Å²) in [4.78, 5) is 23.3. The summed E-state index contributed by atoms with van der Waals surface area (Å²) in [5.41, 5.74) is 0.643. The molecule has 0 unspecified atom stereocenters. The van der Waals surface area contributed by atoms with Crippen LogP contribution < -0.4 is 10.6 Å².